The molecule has 35 heavy (non-hydrogen) atoms. The van der Waals surface area contributed by atoms with Crippen LogP contribution in [-0.4, -0.2) is 67.0 Å². The number of hydrogen-bond acceptors (Lipinski definition) is 8. The standard InChI is InChI=1S/C26H33N5O4/c1-3-7-20(12-13-31-14-16-34-17-15-31)28-26-30-29-25(35-26)22-11-10-21(18-23(22)33-2)27-24(32)19-8-5-4-6-9-19/h4-6,8-11,18,20H,3,7,12-17H2,1-2H3,(H,27,32)(H,28,30). The predicted molar refractivity (Wildman–Crippen MR) is 135 cm³/mol. The first-order chi connectivity index (χ1) is 17.2. The van der Waals surface area contributed by atoms with Crippen LogP contribution in [0.5, 0.6) is 5.75 Å². The van der Waals surface area contributed by atoms with E-state index in [4.69, 9.17) is 13.9 Å². The molecule has 1 aromatic heterocycles. The molecule has 0 spiro atoms. The van der Waals surface area contributed by atoms with Crippen molar-refractivity contribution >= 4 is 17.6 Å². The predicted octanol–water partition coefficient (Wildman–Crippen LogP) is 4.30. The van der Waals surface area contributed by atoms with Crippen LogP contribution in [0.15, 0.2) is 52.9 Å². The fourth-order valence-electron chi connectivity index (χ4n) is 4.10. The van der Waals surface area contributed by atoms with Crippen LogP contribution in [0, 0.1) is 0 Å². The van der Waals surface area contributed by atoms with Gasteiger partial charge >= 0.3 is 6.01 Å². The number of methoxy groups -OCH3 is 1. The zero-order chi connectivity index (χ0) is 24.5. The van der Waals surface area contributed by atoms with Gasteiger partial charge in [0.1, 0.15) is 5.75 Å². The molecular weight excluding hydrogens is 446 g/mol. The number of amides is 1. The first-order valence-electron chi connectivity index (χ1n) is 12.1. The molecule has 2 aromatic carbocycles. The van der Waals surface area contributed by atoms with Crippen LogP contribution in [-0.2, 0) is 4.74 Å². The molecule has 0 saturated carbocycles. The largest absolute Gasteiger partial charge is 0.496 e. The molecule has 9 nitrogen and oxygen atoms in total. The highest BCUT2D eigenvalue weighted by Crippen LogP contribution is 2.32. The van der Waals surface area contributed by atoms with Crippen molar-refractivity contribution in [3.8, 4) is 17.2 Å². The van der Waals surface area contributed by atoms with Crippen molar-refractivity contribution in [3.63, 3.8) is 0 Å². The molecule has 1 aliphatic heterocycles. The second-order valence-electron chi connectivity index (χ2n) is 8.52. The zero-order valence-electron chi connectivity index (χ0n) is 20.3. The van der Waals surface area contributed by atoms with Crippen molar-refractivity contribution in [1.29, 1.82) is 0 Å². The van der Waals surface area contributed by atoms with Crippen LogP contribution in [0.2, 0.25) is 0 Å². The summed E-state index contributed by atoms with van der Waals surface area (Å²) in [7, 11) is 1.57. The number of aromatic nitrogens is 2. The molecule has 1 fully saturated rings. The number of nitrogens with one attached hydrogen (secondary N) is 2. The summed E-state index contributed by atoms with van der Waals surface area (Å²) < 4.78 is 16.9. The van der Waals surface area contributed by atoms with Gasteiger partial charge in [-0.2, -0.15) is 0 Å². The summed E-state index contributed by atoms with van der Waals surface area (Å²) in [4.78, 5) is 14.9. The second-order valence-corrected chi connectivity index (χ2v) is 8.52. The van der Waals surface area contributed by atoms with E-state index >= 15 is 0 Å². The molecule has 1 aliphatic rings. The Morgan fingerprint density at radius 2 is 1.91 bits per heavy atom. The van der Waals surface area contributed by atoms with Crippen molar-refractivity contribution in [2.75, 3.05) is 50.6 Å². The van der Waals surface area contributed by atoms with E-state index in [9.17, 15) is 4.79 Å². The van der Waals surface area contributed by atoms with Crippen molar-refractivity contribution < 1.29 is 18.7 Å². The van der Waals surface area contributed by atoms with Gasteiger partial charge in [-0.3, -0.25) is 9.69 Å². The number of rotatable bonds is 11. The lowest BCUT2D eigenvalue weighted by molar-refractivity contribution is 0.0367. The molecule has 1 amide bonds. The van der Waals surface area contributed by atoms with Gasteiger partial charge in [0.25, 0.3) is 11.8 Å². The van der Waals surface area contributed by atoms with Crippen LogP contribution in [0.1, 0.15) is 36.5 Å². The molecule has 0 radical (unpaired) electrons. The summed E-state index contributed by atoms with van der Waals surface area (Å²) >= 11 is 0. The highest BCUT2D eigenvalue weighted by molar-refractivity contribution is 6.04. The van der Waals surface area contributed by atoms with Gasteiger partial charge in [0, 0.05) is 43.0 Å². The van der Waals surface area contributed by atoms with Gasteiger partial charge in [-0.25, -0.2) is 0 Å². The molecule has 2 heterocycles. The number of benzene rings is 2. The molecule has 0 bridgehead atoms. The average Bonchev–Trinajstić information content (AvgIpc) is 3.36. The molecule has 9 heteroatoms. The van der Waals surface area contributed by atoms with Crippen LogP contribution >= 0.6 is 0 Å². The van der Waals surface area contributed by atoms with Crippen molar-refractivity contribution in [3.05, 3.63) is 54.1 Å². The fraction of sp³-hybridized carbons (Fsp3) is 0.423. The number of anilines is 2. The quantitative estimate of drug-likeness (QED) is 0.420. The summed E-state index contributed by atoms with van der Waals surface area (Å²) in [6.45, 7) is 6.73. The molecule has 4 rings (SSSR count). The number of hydrogen-bond donors (Lipinski definition) is 2. The maximum atomic E-state index is 12.5. The van der Waals surface area contributed by atoms with Gasteiger partial charge in [0.05, 0.1) is 25.9 Å². The first-order valence-corrected chi connectivity index (χ1v) is 12.1. The van der Waals surface area contributed by atoms with Gasteiger partial charge in [-0.1, -0.05) is 36.6 Å². The van der Waals surface area contributed by atoms with Crippen LogP contribution in [0.3, 0.4) is 0 Å². The Kier molecular flexibility index (Phi) is 8.69. The van der Waals surface area contributed by atoms with E-state index in [2.05, 4.69) is 32.7 Å². The molecule has 0 aliphatic carbocycles. The minimum atomic E-state index is -0.191. The molecular formula is C26H33N5O4. The van der Waals surface area contributed by atoms with E-state index in [-0.39, 0.29) is 11.9 Å². The Balaban J connectivity index is 1.41. The summed E-state index contributed by atoms with van der Waals surface area (Å²) in [5.41, 5.74) is 1.85. The number of ether oxygens (including phenoxy) is 2. The molecule has 1 saturated heterocycles. The highest BCUT2D eigenvalue weighted by Gasteiger charge is 2.19. The van der Waals surface area contributed by atoms with Crippen molar-refractivity contribution in [1.82, 2.24) is 15.1 Å². The monoisotopic (exact) mass is 479 g/mol. The zero-order valence-corrected chi connectivity index (χ0v) is 20.3. The summed E-state index contributed by atoms with van der Waals surface area (Å²) in [5.74, 6) is 0.695. The lowest BCUT2D eigenvalue weighted by atomic mass is 10.1. The van der Waals surface area contributed by atoms with Gasteiger partial charge in [0.2, 0.25) is 0 Å². The van der Waals surface area contributed by atoms with Crippen LogP contribution in [0.25, 0.3) is 11.5 Å². The fourth-order valence-corrected chi connectivity index (χ4v) is 4.10. The van der Waals surface area contributed by atoms with Crippen LogP contribution in [0.4, 0.5) is 11.7 Å². The highest BCUT2D eigenvalue weighted by atomic mass is 16.5. The second kappa shape index (κ2) is 12.3. The molecule has 1 atom stereocenters. The third-order valence-electron chi connectivity index (χ3n) is 6.01. The van der Waals surface area contributed by atoms with E-state index in [0.717, 1.165) is 52.1 Å². The third kappa shape index (κ3) is 6.80. The summed E-state index contributed by atoms with van der Waals surface area (Å²) in [5, 5.41) is 14.7. The SMILES string of the molecule is CCCC(CCN1CCOCC1)Nc1nnc(-c2ccc(NC(=O)c3ccccc3)cc2OC)o1. The smallest absolute Gasteiger partial charge is 0.315 e. The maximum absolute atomic E-state index is 12.5. The molecule has 186 valence electrons. The minimum absolute atomic E-state index is 0.191. The number of nitrogens with zero attached hydrogens (tertiary/aromatic N) is 3. The Bertz CT molecular complexity index is 1080. The minimum Gasteiger partial charge on any atom is -0.496 e. The number of carbonyl (C=O) groups is 1. The lowest BCUT2D eigenvalue weighted by Gasteiger charge is -2.28. The van der Waals surface area contributed by atoms with Gasteiger partial charge < -0.3 is 24.5 Å². The van der Waals surface area contributed by atoms with Gasteiger partial charge in [0.15, 0.2) is 0 Å². The average molecular weight is 480 g/mol. The topological polar surface area (TPSA) is 102 Å². The number of morpholine rings is 1. The molecule has 2 N–H and O–H groups in total. The summed E-state index contributed by atoms with van der Waals surface area (Å²) in [6, 6.07) is 15.0. The van der Waals surface area contributed by atoms with Gasteiger partial charge in [-0.15, -0.1) is 5.10 Å². The lowest BCUT2D eigenvalue weighted by Crippen LogP contribution is -2.38. The Labute approximate surface area is 205 Å². The number of carbonyl (C=O) groups excluding carboxylic acids is 1. The summed E-state index contributed by atoms with van der Waals surface area (Å²) in [6.07, 6.45) is 3.07. The molecule has 1 unspecified atom stereocenters. The maximum Gasteiger partial charge on any atom is 0.315 e. The van der Waals surface area contributed by atoms with E-state index in [1.807, 2.05) is 18.2 Å². The normalized spacial score (nSPS) is 14.9. The third-order valence-corrected chi connectivity index (χ3v) is 6.01. The van der Waals surface area contributed by atoms with E-state index < -0.39 is 0 Å². The van der Waals surface area contributed by atoms with E-state index in [1.54, 1.807) is 37.4 Å². The van der Waals surface area contributed by atoms with Gasteiger partial charge in [-0.05, 0) is 37.1 Å². The van der Waals surface area contributed by atoms with Crippen molar-refractivity contribution in [2.24, 2.45) is 0 Å². The van der Waals surface area contributed by atoms with E-state index in [0.29, 0.717) is 34.5 Å². The van der Waals surface area contributed by atoms with Crippen molar-refractivity contribution in [2.45, 2.75) is 32.2 Å². The van der Waals surface area contributed by atoms with E-state index in [1.165, 1.54) is 0 Å². The Morgan fingerprint density at radius 3 is 2.66 bits per heavy atom. The Morgan fingerprint density at radius 1 is 1.11 bits per heavy atom. The van der Waals surface area contributed by atoms with Crippen LogP contribution < -0.4 is 15.4 Å². The Hall–Kier alpha value is -3.43. The molecule has 3 aromatic rings. The first kappa shape index (κ1) is 24.7.